The third-order valence-corrected chi connectivity index (χ3v) is 7.62. The molecule has 7 heteroatoms. The lowest BCUT2D eigenvalue weighted by atomic mass is 9.91. The first-order chi connectivity index (χ1) is 22.4. The van der Waals surface area contributed by atoms with E-state index in [4.69, 9.17) is 37.1 Å². The summed E-state index contributed by atoms with van der Waals surface area (Å²) in [5, 5.41) is 0. The summed E-state index contributed by atoms with van der Waals surface area (Å²) in [5.41, 5.74) is 31.9. The molecule has 0 aliphatic heterocycles. The molecule has 230 valence electrons. The number of aryl methyl sites for hydroxylation is 1. The summed E-state index contributed by atoms with van der Waals surface area (Å²) >= 11 is 0. The van der Waals surface area contributed by atoms with Gasteiger partial charge in [-0.2, -0.15) is 0 Å². The Balaban J connectivity index is 1.39. The lowest BCUT2D eigenvalue weighted by Gasteiger charge is -2.20. The van der Waals surface area contributed by atoms with Gasteiger partial charge >= 0.3 is 0 Å². The van der Waals surface area contributed by atoms with E-state index in [1.54, 1.807) is 24.3 Å². The molecular formula is C39H36N4O3. The van der Waals surface area contributed by atoms with Gasteiger partial charge in [0.05, 0.1) is 11.4 Å². The molecule has 0 unspecified atom stereocenters. The fourth-order valence-electron chi connectivity index (χ4n) is 5.25. The second-order valence-corrected chi connectivity index (χ2v) is 11.0. The van der Waals surface area contributed by atoms with Gasteiger partial charge in [0.15, 0.2) is 5.75 Å². The number of nitrogens with two attached hydrogens (primary N) is 4. The number of para-hydroxylation sites is 1. The van der Waals surface area contributed by atoms with Gasteiger partial charge in [-0.1, -0.05) is 55.8 Å². The van der Waals surface area contributed by atoms with Gasteiger partial charge in [-0.05, 0) is 114 Å². The van der Waals surface area contributed by atoms with Crippen molar-refractivity contribution in [3.8, 4) is 56.8 Å². The molecule has 0 fully saturated rings. The highest BCUT2D eigenvalue weighted by Crippen LogP contribution is 2.46. The first-order valence-corrected chi connectivity index (χ1v) is 15.1. The van der Waals surface area contributed by atoms with Crippen molar-refractivity contribution in [2.45, 2.75) is 19.8 Å². The highest BCUT2D eigenvalue weighted by atomic mass is 16.5. The van der Waals surface area contributed by atoms with Gasteiger partial charge < -0.3 is 37.1 Å². The molecule has 0 amide bonds. The second kappa shape index (κ2) is 13.3. The Morgan fingerprint density at radius 2 is 0.957 bits per heavy atom. The van der Waals surface area contributed by atoms with Crippen LogP contribution in [0.1, 0.15) is 18.9 Å². The molecule has 0 radical (unpaired) electrons. The topological polar surface area (TPSA) is 132 Å². The van der Waals surface area contributed by atoms with Crippen LogP contribution in [0.15, 0.2) is 127 Å². The molecule has 0 aliphatic carbocycles. The molecule has 7 nitrogen and oxygen atoms in total. The number of hydrogen-bond acceptors (Lipinski definition) is 7. The van der Waals surface area contributed by atoms with Gasteiger partial charge in [-0.3, -0.25) is 0 Å². The van der Waals surface area contributed by atoms with E-state index in [1.807, 2.05) is 97.1 Å². The molecule has 0 atom stereocenters. The van der Waals surface area contributed by atoms with Gasteiger partial charge in [0.2, 0.25) is 0 Å². The third-order valence-electron chi connectivity index (χ3n) is 7.62. The van der Waals surface area contributed by atoms with Crippen LogP contribution in [0.25, 0.3) is 22.3 Å². The standard InChI is InChI=1S/C39H36N4O3/c1-2-5-26-6-3-4-7-35(26)46-36-24-34(25-8-16-30(17-9-25)44-32-20-12-28(40)13-21-32)37(39(43)38(36)42)27-10-18-31(19-11-27)45-33-22-14-29(41)15-23-33/h3-4,6-24H,2,5,40-43H2,1H3. The molecule has 6 rings (SSSR count). The first-order valence-electron chi connectivity index (χ1n) is 15.1. The van der Waals surface area contributed by atoms with Crippen LogP contribution >= 0.6 is 0 Å². The van der Waals surface area contributed by atoms with Gasteiger partial charge in [0, 0.05) is 16.9 Å². The number of ether oxygens (including phenoxy) is 3. The normalized spacial score (nSPS) is 10.8. The zero-order chi connectivity index (χ0) is 32.0. The van der Waals surface area contributed by atoms with E-state index in [0.717, 1.165) is 46.4 Å². The summed E-state index contributed by atoms with van der Waals surface area (Å²) in [6.07, 6.45) is 1.88. The summed E-state index contributed by atoms with van der Waals surface area (Å²) in [5.74, 6) is 4.00. The van der Waals surface area contributed by atoms with Crippen molar-refractivity contribution in [1.82, 2.24) is 0 Å². The minimum Gasteiger partial charge on any atom is -0.457 e. The molecule has 6 aromatic carbocycles. The summed E-state index contributed by atoms with van der Waals surface area (Å²) in [7, 11) is 0. The fraction of sp³-hybridized carbons (Fsp3) is 0.0769. The van der Waals surface area contributed by atoms with Crippen molar-refractivity contribution in [2.24, 2.45) is 0 Å². The van der Waals surface area contributed by atoms with Crippen LogP contribution in [0.5, 0.6) is 34.5 Å². The molecular weight excluding hydrogens is 572 g/mol. The molecule has 46 heavy (non-hydrogen) atoms. The van der Waals surface area contributed by atoms with Crippen LogP contribution in [-0.2, 0) is 6.42 Å². The number of hydrogen-bond donors (Lipinski definition) is 4. The Hall–Kier alpha value is -6.08. The Kier molecular flexibility index (Phi) is 8.65. The van der Waals surface area contributed by atoms with E-state index in [1.165, 1.54) is 0 Å². The molecule has 0 aliphatic rings. The average Bonchev–Trinajstić information content (AvgIpc) is 3.07. The zero-order valence-electron chi connectivity index (χ0n) is 25.6. The maximum Gasteiger partial charge on any atom is 0.153 e. The lowest BCUT2D eigenvalue weighted by molar-refractivity contribution is 0.478. The Morgan fingerprint density at radius 3 is 1.48 bits per heavy atom. The van der Waals surface area contributed by atoms with E-state index >= 15 is 0 Å². The number of nitrogen functional groups attached to an aromatic ring is 4. The number of benzene rings is 6. The van der Waals surface area contributed by atoms with Gasteiger partial charge in [0.1, 0.15) is 28.7 Å². The van der Waals surface area contributed by atoms with E-state index in [9.17, 15) is 0 Å². The second-order valence-electron chi connectivity index (χ2n) is 11.0. The van der Waals surface area contributed by atoms with Gasteiger partial charge in [0.25, 0.3) is 0 Å². The van der Waals surface area contributed by atoms with E-state index in [0.29, 0.717) is 51.5 Å². The first kappa shape index (κ1) is 30.0. The van der Waals surface area contributed by atoms with Crippen LogP contribution in [0.3, 0.4) is 0 Å². The van der Waals surface area contributed by atoms with Crippen molar-refractivity contribution < 1.29 is 14.2 Å². The summed E-state index contributed by atoms with van der Waals surface area (Å²) in [6, 6.07) is 40.1. The molecule has 0 saturated carbocycles. The highest BCUT2D eigenvalue weighted by Gasteiger charge is 2.20. The monoisotopic (exact) mass is 608 g/mol. The molecule has 0 aromatic heterocycles. The Morgan fingerprint density at radius 1 is 0.478 bits per heavy atom. The molecule has 6 aromatic rings. The van der Waals surface area contributed by atoms with Crippen molar-refractivity contribution in [3.63, 3.8) is 0 Å². The van der Waals surface area contributed by atoms with Gasteiger partial charge in [-0.25, -0.2) is 0 Å². The van der Waals surface area contributed by atoms with Crippen molar-refractivity contribution in [1.29, 1.82) is 0 Å². The Labute approximate surface area is 269 Å². The smallest absolute Gasteiger partial charge is 0.153 e. The van der Waals surface area contributed by atoms with Crippen LogP contribution < -0.4 is 37.1 Å². The highest BCUT2D eigenvalue weighted by molar-refractivity contribution is 5.98. The minimum absolute atomic E-state index is 0.371. The van der Waals surface area contributed by atoms with Crippen LogP contribution in [0, 0.1) is 0 Å². The van der Waals surface area contributed by atoms with E-state index in [2.05, 4.69) is 13.0 Å². The molecule has 0 saturated heterocycles. The summed E-state index contributed by atoms with van der Waals surface area (Å²) < 4.78 is 18.5. The molecule has 0 heterocycles. The maximum absolute atomic E-state index is 6.84. The zero-order valence-corrected chi connectivity index (χ0v) is 25.6. The van der Waals surface area contributed by atoms with Crippen molar-refractivity contribution in [2.75, 3.05) is 22.9 Å². The molecule has 0 spiro atoms. The molecule has 0 bridgehead atoms. The number of rotatable bonds is 10. The summed E-state index contributed by atoms with van der Waals surface area (Å²) in [6.45, 7) is 2.14. The molecule has 8 N–H and O–H groups in total. The third kappa shape index (κ3) is 6.69. The number of anilines is 4. The van der Waals surface area contributed by atoms with Gasteiger partial charge in [-0.15, -0.1) is 0 Å². The largest absolute Gasteiger partial charge is 0.457 e. The summed E-state index contributed by atoms with van der Waals surface area (Å²) in [4.78, 5) is 0. The average molecular weight is 609 g/mol. The van der Waals surface area contributed by atoms with E-state index in [-0.39, 0.29) is 0 Å². The SMILES string of the molecule is CCCc1ccccc1Oc1cc(-c2ccc(Oc3ccc(N)cc3)cc2)c(-c2ccc(Oc3ccc(N)cc3)cc2)c(N)c1N. The van der Waals surface area contributed by atoms with Crippen LogP contribution in [0.4, 0.5) is 22.7 Å². The van der Waals surface area contributed by atoms with Crippen LogP contribution in [-0.4, -0.2) is 0 Å². The lowest BCUT2D eigenvalue weighted by Crippen LogP contribution is -2.03. The maximum atomic E-state index is 6.84. The van der Waals surface area contributed by atoms with Crippen LogP contribution in [0.2, 0.25) is 0 Å². The minimum atomic E-state index is 0.371. The van der Waals surface area contributed by atoms with Crippen molar-refractivity contribution in [3.05, 3.63) is 133 Å². The predicted molar refractivity (Wildman–Crippen MR) is 189 cm³/mol. The van der Waals surface area contributed by atoms with E-state index < -0.39 is 0 Å². The quantitative estimate of drug-likeness (QED) is 0.114. The Bertz CT molecular complexity index is 1940. The van der Waals surface area contributed by atoms with Crippen molar-refractivity contribution >= 4 is 22.7 Å². The predicted octanol–water partition coefficient (Wildman–Crippen LogP) is 9.68. The fourth-order valence-corrected chi connectivity index (χ4v) is 5.25.